The Balaban J connectivity index is 2.22. The highest BCUT2D eigenvalue weighted by Crippen LogP contribution is 2.15. The van der Waals surface area contributed by atoms with Crippen LogP contribution in [0.1, 0.15) is 20.3 Å². The molecule has 3 N–H and O–H groups in total. The summed E-state index contributed by atoms with van der Waals surface area (Å²) in [5.74, 6) is 6.17. The van der Waals surface area contributed by atoms with Gasteiger partial charge in [0.2, 0.25) is 0 Å². The number of rotatable bonds is 5. The number of imidazole rings is 1. The van der Waals surface area contributed by atoms with E-state index in [-0.39, 0.29) is 6.04 Å². The minimum absolute atomic E-state index is 0.276. The molecule has 2 atom stereocenters. The van der Waals surface area contributed by atoms with Gasteiger partial charge in [0, 0.05) is 12.6 Å². The van der Waals surface area contributed by atoms with Gasteiger partial charge < -0.3 is 4.57 Å². The Hall–Kier alpha value is -1.39. The first-order valence-electron chi connectivity index (χ1n) is 6.12. The Bertz CT molecular complexity index is 477. The second-order valence-electron chi connectivity index (χ2n) is 4.54. The Kier molecular flexibility index (Phi) is 3.76. The van der Waals surface area contributed by atoms with E-state index in [9.17, 15) is 0 Å². The van der Waals surface area contributed by atoms with Crippen molar-refractivity contribution in [1.29, 1.82) is 0 Å². The molecule has 0 amide bonds. The first kappa shape index (κ1) is 12.1. The fourth-order valence-corrected chi connectivity index (χ4v) is 2.05. The lowest BCUT2D eigenvalue weighted by Gasteiger charge is -2.22. The molecule has 2 unspecified atom stereocenters. The standard InChI is InChI=1S/C13H20N4/c1-3-10(2)12(16-14)8-17-9-15-11-6-4-5-7-13(11)17/h4-7,9-10,12,16H,3,8,14H2,1-2H3. The summed E-state index contributed by atoms with van der Waals surface area (Å²) in [4.78, 5) is 4.39. The maximum Gasteiger partial charge on any atom is 0.0958 e. The molecule has 0 aliphatic carbocycles. The van der Waals surface area contributed by atoms with E-state index in [0.717, 1.165) is 24.0 Å². The lowest BCUT2D eigenvalue weighted by atomic mass is 10.00. The number of hydrogen-bond donors (Lipinski definition) is 2. The molecule has 1 heterocycles. The topological polar surface area (TPSA) is 55.9 Å². The second kappa shape index (κ2) is 5.29. The number of hydrogen-bond acceptors (Lipinski definition) is 3. The number of nitrogens with zero attached hydrogens (tertiary/aromatic N) is 2. The number of aromatic nitrogens is 2. The third kappa shape index (κ3) is 2.48. The minimum Gasteiger partial charge on any atom is -0.329 e. The number of para-hydroxylation sites is 2. The van der Waals surface area contributed by atoms with Gasteiger partial charge >= 0.3 is 0 Å². The van der Waals surface area contributed by atoms with Gasteiger partial charge in [0.25, 0.3) is 0 Å². The largest absolute Gasteiger partial charge is 0.329 e. The van der Waals surface area contributed by atoms with Crippen molar-refractivity contribution in [3.8, 4) is 0 Å². The summed E-state index contributed by atoms with van der Waals surface area (Å²) < 4.78 is 2.16. The Labute approximate surface area is 102 Å². The van der Waals surface area contributed by atoms with Crippen molar-refractivity contribution in [3.05, 3.63) is 30.6 Å². The van der Waals surface area contributed by atoms with Crippen molar-refractivity contribution in [2.75, 3.05) is 0 Å². The van der Waals surface area contributed by atoms with Crippen molar-refractivity contribution >= 4 is 11.0 Å². The Morgan fingerprint density at radius 1 is 1.41 bits per heavy atom. The number of fused-ring (bicyclic) bond motifs is 1. The summed E-state index contributed by atoms with van der Waals surface area (Å²) in [7, 11) is 0. The molecule has 0 aliphatic heterocycles. The highest BCUT2D eigenvalue weighted by molar-refractivity contribution is 5.74. The SMILES string of the molecule is CCC(C)C(Cn1cnc2ccccc21)NN. The van der Waals surface area contributed by atoms with Crippen molar-refractivity contribution in [1.82, 2.24) is 15.0 Å². The zero-order valence-electron chi connectivity index (χ0n) is 10.4. The number of nitrogens with two attached hydrogens (primary N) is 1. The summed E-state index contributed by atoms with van der Waals surface area (Å²) in [5, 5.41) is 0. The van der Waals surface area contributed by atoms with Crippen LogP contribution in [0.3, 0.4) is 0 Å². The Morgan fingerprint density at radius 3 is 2.88 bits per heavy atom. The molecule has 0 spiro atoms. The van der Waals surface area contributed by atoms with Crippen LogP contribution in [0.2, 0.25) is 0 Å². The molecule has 2 aromatic rings. The molecule has 4 heteroatoms. The van der Waals surface area contributed by atoms with Crippen molar-refractivity contribution in [2.45, 2.75) is 32.9 Å². The number of nitrogens with one attached hydrogen (secondary N) is 1. The summed E-state index contributed by atoms with van der Waals surface area (Å²) in [6.45, 7) is 5.25. The van der Waals surface area contributed by atoms with Gasteiger partial charge in [0.05, 0.1) is 17.4 Å². The van der Waals surface area contributed by atoms with Gasteiger partial charge in [-0.05, 0) is 18.1 Å². The van der Waals surface area contributed by atoms with Crippen molar-refractivity contribution < 1.29 is 0 Å². The fraction of sp³-hybridized carbons (Fsp3) is 0.462. The van der Waals surface area contributed by atoms with Crippen LogP contribution >= 0.6 is 0 Å². The highest BCUT2D eigenvalue weighted by Gasteiger charge is 2.15. The first-order chi connectivity index (χ1) is 8.26. The van der Waals surface area contributed by atoms with Gasteiger partial charge in [0.1, 0.15) is 0 Å². The number of hydrazine groups is 1. The Morgan fingerprint density at radius 2 is 2.18 bits per heavy atom. The van der Waals surface area contributed by atoms with Crippen LogP contribution < -0.4 is 11.3 Å². The molecule has 1 aromatic carbocycles. The van der Waals surface area contributed by atoms with E-state index in [1.54, 1.807) is 0 Å². The average Bonchev–Trinajstić information content (AvgIpc) is 2.78. The van der Waals surface area contributed by atoms with E-state index < -0.39 is 0 Å². The summed E-state index contributed by atoms with van der Waals surface area (Å²) in [6.07, 6.45) is 3.00. The molecule has 4 nitrogen and oxygen atoms in total. The van der Waals surface area contributed by atoms with Crippen LogP contribution in [0.5, 0.6) is 0 Å². The summed E-state index contributed by atoms with van der Waals surface area (Å²) >= 11 is 0. The quantitative estimate of drug-likeness (QED) is 0.611. The molecule has 0 aliphatic rings. The van der Waals surface area contributed by atoms with Gasteiger partial charge in [0.15, 0.2) is 0 Å². The molecule has 0 saturated heterocycles. The van der Waals surface area contributed by atoms with Crippen LogP contribution in [-0.2, 0) is 6.54 Å². The predicted molar refractivity (Wildman–Crippen MR) is 70.3 cm³/mol. The lowest BCUT2D eigenvalue weighted by Crippen LogP contribution is -2.42. The van der Waals surface area contributed by atoms with Crippen molar-refractivity contribution in [3.63, 3.8) is 0 Å². The van der Waals surface area contributed by atoms with Gasteiger partial charge in [-0.1, -0.05) is 32.4 Å². The summed E-state index contributed by atoms with van der Waals surface area (Å²) in [6, 6.07) is 8.44. The van der Waals surface area contributed by atoms with E-state index >= 15 is 0 Å². The molecule has 0 fully saturated rings. The molecule has 17 heavy (non-hydrogen) atoms. The molecule has 2 rings (SSSR count). The van der Waals surface area contributed by atoms with Crippen molar-refractivity contribution in [2.24, 2.45) is 11.8 Å². The van der Waals surface area contributed by atoms with Crippen LogP contribution in [0.4, 0.5) is 0 Å². The molecule has 0 saturated carbocycles. The third-order valence-corrected chi connectivity index (χ3v) is 3.47. The van der Waals surface area contributed by atoms with Gasteiger partial charge in [-0.25, -0.2) is 4.98 Å². The van der Waals surface area contributed by atoms with Gasteiger partial charge in [-0.15, -0.1) is 0 Å². The van der Waals surface area contributed by atoms with Gasteiger partial charge in [-0.2, -0.15) is 0 Å². The average molecular weight is 232 g/mol. The van der Waals surface area contributed by atoms with E-state index in [4.69, 9.17) is 5.84 Å². The highest BCUT2D eigenvalue weighted by atomic mass is 15.3. The van der Waals surface area contributed by atoms with E-state index in [0.29, 0.717) is 5.92 Å². The van der Waals surface area contributed by atoms with Crippen LogP contribution in [0, 0.1) is 5.92 Å². The zero-order chi connectivity index (χ0) is 12.3. The van der Waals surface area contributed by atoms with Crippen LogP contribution in [0.15, 0.2) is 30.6 Å². The van der Waals surface area contributed by atoms with Crippen LogP contribution in [-0.4, -0.2) is 15.6 Å². The molecular formula is C13H20N4. The fourth-order valence-electron chi connectivity index (χ4n) is 2.05. The third-order valence-electron chi connectivity index (χ3n) is 3.47. The van der Waals surface area contributed by atoms with E-state index in [1.807, 2.05) is 24.5 Å². The lowest BCUT2D eigenvalue weighted by molar-refractivity contribution is 0.336. The molecule has 0 bridgehead atoms. The van der Waals surface area contributed by atoms with Gasteiger partial charge in [-0.3, -0.25) is 11.3 Å². The molecule has 92 valence electrons. The zero-order valence-corrected chi connectivity index (χ0v) is 10.4. The molecule has 1 aromatic heterocycles. The molecular weight excluding hydrogens is 212 g/mol. The normalized spacial score (nSPS) is 15.0. The maximum atomic E-state index is 5.63. The number of benzene rings is 1. The summed E-state index contributed by atoms with van der Waals surface area (Å²) in [5.41, 5.74) is 5.10. The molecule has 0 radical (unpaired) electrons. The second-order valence-corrected chi connectivity index (χ2v) is 4.54. The first-order valence-corrected chi connectivity index (χ1v) is 6.12. The van der Waals surface area contributed by atoms with Crippen LogP contribution in [0.25, 0.3) is 11.0 Å². The smallest absolute Gasteiger partial charge is 0.0958 e. The van der Waals surface area contributed by atoms with E-state index in [2.05, 4.69) is 34.9 Å². The maximum absolute atomic E-state index is 5.63. The monoisotopic (exact) mass is 232 g/mol. The predicted octanol–water partition coefficient (Wildman–Crippen LogP) is 1.91. The van der Waals surface area contributed by atoms with E-state index in [1.165, 1.54) is 0 Å². The minimum atomic E-state index is 0.276.